The van der Waals surface area contributed by atoms with Gasteiger partial charge in [0.15, 0.2) is 5.82 Å². The molecule has 0 unspecified atom stereocenters. The van der Waals surface area contributed by atoms with Crippen molar-refractivity contribution in [2.45, 2.75) is 32.7 Å². The molecule has 2 rings (SSSR count). The standard InChI is InChI=1S/C8H14N4/c1-6(2)12-7-4-3-5-9-8(7)10-11-12/h6,9H,3-5H2,1-2H3. The van der Waals surface area contributed by atoms with Gasteiger partial charge in [-0.25, -0.2) is 4.68 Å². The zero-order valence-corrected chi connectivity index (χ0v) is 7.54. The zero-order valence-electron chi connectivity index (χ0n) is 7.54. The van der Waals surface area contributed by atoms with Crippen molar-refractivity contribution in [2.24, 2.45) is 0 Å². The first kappa shape index (κ1) is 7.58. The van der Waals surface area contributed by atoms with E-state index < -0.39 is 0 Å². The third-order valence-corrected chi connectivity index (χ3v) is 2.16. The molecule has 0 saturated carbocycles. The van der Waals surface area contributed by atoms with E-state index in [2.05, 4.69) is 29.5 Å². The number of aromatic nitrogens is 3. The van der Waals surface area contributed by atoms with Gasteiger partial charge in [-0.3, -0.25) is 0 Å². The summed E-state index contributed by atoms with van der Waals surface area (Å²) >= 11 is 0. The molecule has 0 spiro atoms. The lowest BCUT2D eigenvalue weighted by Gasteiger charge is -2.15. The number of hydrogen-bond acceptors (Lipinski definition) is 3. The summed E-state index contributed by atoms with van der Waals surface area (Å²) in [4.78, 5) is 0. The second-order valence-electron chi connectivity index (χ2n) is 3.45. The number of rotatable bonds is 1. The molecule has 0 saturated heterocycles. The van der Waals surface area contributed by atoms with Crippen LogP contribution < -0.4 is 5.32 Å². The minimum absolute atomic E-state index is 0.418. The molecule has 1 N–H and O–H groups in total. The molecule has 0 radical (unpaired) electrons. The molecule has 0 amide bonds. The Kier molecular flexibility index (Phi) is 1.75. The highest BCUT2D eigenvalue weighted by molar-refractivity contribution is 5.41. The molecule has 66 valence electrons. The van der Waals surface area contributed by atoms with Crippen molar-refractivity contribution < 1.29 is 0 Å². The van der Waals surface area contributed by atoms with Gasteiger partial charge in [-0.2, -0.15) is 0 Å². The van der Waals surface area contributed by atoms with Crippen LogP contribution in [0.25, 0.3) is 0 Å². The van der Waals surface area contributed by atoms with Crippen LogP contribution in [-0.4, -0.2) is 21.5 Å². The summed E-state index contributed by atoms with van der Waals surface area (Å²) in [5, 5.41) is 11.4. The van der Waals surface area contributed by atoms with E-state index in [4.69, 9.17) is 0 Å². The van der Waals surface area contributed by atoms with E-state index in [9.17, 15) is 0 Å². The second kappa shape index (κ2) is 2.77. The molecular weight excluding hydrogens is 152 g/mol. The van der Waals surface area contributed by atoms with Crippen molar-refractivity contribution in [2.75, 3.05) is 11.9 Å². The Morgan fingerprint density at radius 1 is 1.50 bits per heavy atom. The van der Waals surface area contributed by atoms with E-state index in [-0.39, 0.29) is 0 Å². The Labute approximate surface area is 72.0 Å². The highest BCUT2D eigenvalue weighted by atomic mass is 15.5. The molecule has 0 bridgehead atoms. The Morgan fingerprint density at radius 2 is 2.33 bits per heavy atom. The van der Waals surface area contributed by atoms with Crippen LogP contribution in [0.1, 0.15) is 32.0 Å². The van der Waals surface area contributed by atoms with Crippen LogP contribution >= 0.6 is 0 Å². The Hall–Kier alpha value is -1.06. The predicted octanol–water partition coefficient (Wildman–Crippen LogP) is 1.22. The first-order chi connectivity index (χ1) is 5.79. The molecule has 1 aromatic heterocycles. The molecule has 1 aliphatic rings. The first-order valence-electron chi connectivity index (χ1n) is 4.47. The van der Waals surface area contributed by atoms with Crippen molar-refractivity contribution in [3.8, 4) is 0 Å². The van der Waals surface area contributed by atoms with E-state index in [0.29, 0.717) is 6.04 Å². The fraction of sp³-hybridized carbons (Fsp3) is 0.750. The Morgan fingerprint density at radius 3 is 3.08 bits per heavy atom. The fourth-order valence-corrected chi connectivity index (χ4v) is 1.56. The third-order valence-electron chi connectivity index (χ3n) is 2.16. The van der Waals surface area contributed by atoms with Gasteiger partial charge in [0.25, 0.3) is 0 Å². The van der Waals surface area contributed by atoms with Gasteiger partial charge >= 0.3 is 0 Å². The summed E-state index contributed by atoms with van der Waals surface area (Å²) in [6.45, 7) is 5.29. The maximum absolute atomic E-state index is 4.10. The molecule has 1 aromatic rings. The molecule has 2 heterocycles. The van der Waals surface area contributed by atoms with Crippen molar-refractivity contribution in [1.29, 1.82) is 0 Å². The van der Waals surface area contributed by atoms with Crippen LogP contribution in [0.2, 0.25) is 0 Å². The fourth-order valence-electron chi connectivity index (χ4n) is 1.56. The number of nitrogens with one attached hydrogen (secondary N) is 1. The van der Waals surface area contributed by atoms with Crippen LogP contribution in [0.5, 0.6) is 0 Å². The monoisotopic (exact) mass is 166 g/mol. The van der Waals surface area contributed by atoms with Gasteiger partial charge in [0.05, 0.1) is 5.69 Å². The number of fused-ring (bicyclic) bond motifs is 1. The van der Waals surface area contributed by atoms with E-state index >= 15 is 0 Å². The van der Waals surface area contributed by atoms with Crippen LogP contribution in [0.3, 0.4) is 0 Å². The van der Waals surface area contributed by atoms with E-state index in [0.717, 1.165) is 18.8 Å². The maximum Gasteiger partial charge on any atom is 0.171 e. The van der Waals surface area contributed by atoms with E-state index in [1.165, 1.54) is 12.1 Å². The molecule has 0 aromatic carbocycles. The van der Waals surface area contributed by atoms with Gasteiger partial charge in [-0.1, -0.05) is 5.21 Å². The van der Waals surface area contributed by atoms with Crippen molar-refractivity contribution in [3.63, 3.8) is 0 Å². The van der Waals surface area contributed by atoms with Crippen LogP contribution in [0.4, 0.5) is 5.82 Å². The van der Waals surface area contributed by atoms with Gasteiger partial charge < -0.3 is 5.32 Å². The normalized spacial score (nSPS) is 15.9. The molecule has 0 fully saturated rings. The van der Waals surface area contributed by atoms with Crippen molar-refractivity contribution in [3.05, 3.63) is 5.69 Å². The third kappa shape index (κ3) is 1.07. The summed E-state index contributed by atoms with van der Waals surface area (Å²) in [7, 11) is 0. The highest BCUT2D eigenvalue weighted by Gasteiger charge is 2.17. The van der Waals surface area contributed by atoms with Crippen molar-refractivity contribution in [1.82, 2.24) is 15.0 Å². The van der Waals surface area contributed by atoms with Gasteiger partial charge in [0.2, 0.25) is 0 Å². The van der Waals surface area contributed by atoms with Gasteiger partial charge in [-0.05, 0) is 26.7 Å². The molecule has 12 heavy (non-hydrogen) atoms. The SMILES string of the molecule is CC(C)n1nnc2c1CCCN2. The Balaban J connectivity index is 2.38. The number of anilines is 1. The molecule has 4 heteroatoms. The molecule has 0 atom stereocenters. The minimum atomic E-state index is 0.418. The lowest BCUT2D eigenvalue weighted by Crippen LogP contribution is -2.15. The minimum Gasteiger partial charge on any atom is -0.367 e. The van der Waals surface area contributed by atoms with E-state index in [1.807, 2.05) is 4.68 Å². The molecule has 4 nitrogen and oxygen atoms in total. The van der Waals surface area contributed by atoms with Gasteiger partial charge in [-0.15, -0.1) is 5.10 Å². The maximum atomic E-state index is 4.10. The highest BCUT2D eigenvalue weighted by Crippen LogP contribution is 2.20. The summed E-state index contributed by atoms with van der Waals surface area (Å²) in [5.41, 5.74) is 1.26. The lowest BCUT2D eigenvalue weighted by atomic mass is 10.1. The molecule has 1 aliphatic heterocycles. The second-order valence-corrected chi connectivity index (χ2v) is 3.45. The smallest absolute Gasteiger partial charge is 0.171 e. The predicted molar refractivity (Wildman–Crippen MR) is 47.2 cm³/mol. The average Bonchev–Trinajstić information content (AvgIpc) is 2.47. The molecule has 0 aliphatic carbocycles. The number of nitrogens with zero attached hydrogens (tertiary/aromatic N) is 3. The van der Waals surface area contributed by atoms with Crippen molar-refractivity contribution >= 4 is 5.82 Å². The summed E-state index contributed by atoms with van der Waals surface area (Å²) in [5.74, 6) is 0.981. The summed E-state index contributed by atoms with van der Waals surface area (Å²) in [6.07, 6.45) is 2.29. The number of hydrogen-bond donors (Lipinski definition) is 1. The average molecular weight is 166 g/mol. The zero-order chi connectivity index (χ0) is 8.55. The van der Waals surface area contributed by atoms with Crippen LogP contribution in [0, 0.1) is 0 Å². The molecular formula is C8H14N4. The van der Waals surface area contributed by atoms with Gasteiger partial charge in [0.1, 0.15) is 0 Å². The Bertz CT molecular complexity index is 277. The summed E-state index contributed by atoms with van der Waals surface area (Å²) < 4.78 is 2.00. The first-order valence-corrected chi connectivity index (χ1v) is 4.47. The summed E-state index contributed by atoms with van der Waals surface area (Å²) in [6, 6.07) is 0.418. The quantitative estimate of drug-likeness (QED) is 0.682. The van der Waals surface area contributed by atoms with Gasteiger partial charge in [0, 0.05) is 12.6 Å². The van der Waals surface area contributed by atoms with Crippen LogP contribution in [0.15, 0.2) is 0 Å². The largest absolute Gasteiger partial charge is 0.367 e. The van der Waals surface area contributed by atoms with E-state index in [1.54, 1.807) is 0 Å². The topological polar surface area (TPSA) is 42.7 Å². The lowest BCUT2D eigenvalue weighted by molar-refractivity contribution is 0.491. The van der Waals surface area contributed by atoms with Crippen LogP contribution in [-0.2, 0) is 6.42 Å².